The minimum Gasteiger partial charge on any atom is -0.507 e. The first kappa shape index (κ1) is 29.9. The van der Waals surface area contributed by atoms with Gasteiger partial charge in [-0.05, 0) is 73.6 Å². The van der Waals surface area contributed by atoms with Gasteiger partial charge in [0, 0.05) is 29.0 Å². The number of carbonyl (C=O) groups excluding carboxylic acids is 3. The Morgan fingerprint density at radius 3 is 2.34 bits per heavy atom. The van der Waals surface area contributed by atoms with E-state index in [0.29, 0.717) is 23.1 Å². The fourth-order valence-corrected chi connectivity index (χ4v) is 7.42. The molecule has 6 heteroatoms. The summed E-state index contributed by atoms with van der Waals surface area (Å²) in [6.07, 6.45) is 11.0. The molecule has 0 bridgehead atoms. The maximum atomic E-state index is 13.7. The molecule has 2 aliphatic carbocycles. The van der Waals surface area contributed by atoms with E-state index in [1.165, 1.54) is 29.9 Å². The first-order chi connectivity index (χ1) is 21.0. The van der Waals surface area contributed by atoms with Gasteiger partial charge in [-0.1, -0.05) is 75.9 Å². The molecule has 0 saturated heterocycles. The first-order valence-electron chi connectivity index (χ1n) is 15.8. The van der Waals surface area contributed by atoms with Crippen molar-refractivity contribution in [1.82, 2.24) is 0 Å². The van der Waals surface area contributed by atoms with Crippen LogP contribution in [-0.4, -0.2) is 33.8 Å². The number of aliphatic hydroxyl groups is 1. The molecule has 4 aliphatic rings. The highest BCUT2D eigenvalue weighted by atomic mass is 16.6. The van der Waals surface area contributed by atoms with Crippen molar-refractivity contribution in [3.8, 4) is 11.1 Å². The standard InChI is InChI=1S/C38H40O6/c1-6-8-16-38(17-9-7-2)28-13-11-10-12-25(28)26-15-14-23(18-29(26)38)31(39)20-32(40)33-30-19-24-21-36(3,4)43-22-27(24)34(41)37(30,5)44-35(33)42/h10-15,18-20,22,39H,6-9,16-17,21H2,1-5H3/b31-20-. The van der Waals surface area contributed by atoms with E-state index in [1.807, 2.05) is 32.0 Å². The Hall–Kier alpha value is -4.19. The molecule has 6 rings (SSSR count). The van der Waals surface area contributed by atoms with Crippen molar-refractivity contribution in [3.63, 3.8) is 0 Å². The number of fused-ring (bicyclic) bond motifs is 5. The highest BCUT2D eigenvalue weighted by Crippen LogP contribution is 2.54. The number of hydrogen-bond donors (Lipinski definition) is 1. The molecule has 0 saturated carbocycles. The van der Waals surface area contributed by atoms with Crippen molar-refractivity contribution < 1.29 is 29.0 Å². The lowest BCUT2D eigenvalue weighted by molar-refractivity contribution is -0.153. The number of Topliss-reactive ketones (excluding diaryl/α,β-unsaturated/α-hetero) is 1. The number of allylic oxidation sites excluding steroid dienone is 1. The third-order valence-electron chi connectivity index (χ3n) is 9.73. The summed E-state index contributed by atoms with van der Waals surface area (Å²) in [6.45, 7) is 9.73. The second-order valence-corrected chi connectivity index (χ2v) is 13.3. The van der Waals surface area contributed by atoms with Gasteiger partial charge in [0.15, 0.2) is 11.4 Å². The van der Waals surface area contributed by atoms with Crippen LogP contribution in [0.1, 0.15) is 96.3 Å². The van der Waals surface area contributed by atoms with E-state index < -0.39 is 28.7 Å². The number of unbranched alkanes of at least 4 members (excludes halogenated alkanes) is 2. The summed E-state index contributed by atoms with van der Waals surface area (Å²) in [6, 6.07) is 14.4. The van der Waals surface area contributed by atoms with E-state index in [9.17, 15) is 19.5 Å². The van der Waals surface area contributed by atoms with E-state index in [-0.39, 0.29) is 22.3 Å². The molecule has 0 spiro atoms. The molecule has 0 amide bonds. The minimum absolute atomic E-state index is 0.169. The summed E-state index contributed by atoms with van der Waals surface area (Å²) in [5, 5.41) is 11.3. The molecular formula is C38H40O6. The van der Waals surface area contributed by atoms with Crippen LogP contribution in [0.15, 0.2) is 83.2 Å². The Morgan fingerprint density at radius 2 is 1.64 bits per heavy atom. The SMILES string of the molecule is CCCCC1(CCCC)c2ccccc2-c2ccc(/C(O)=C/C(=O)C3=C4C=C5CC(C)(C)OC=C5C(=O)C4(C)OC3=O)cc21. The smallest absolute Gasteiger partial charge is 0.343 e. The molecule has 0 aromatic heterocycles. The molecule has 6 nitrogen and oxygen atoms in total. The predicted molar refractivity (Wildman–Crippen MR) is 170 cm³/mol. The number of benzene rings is 2. The molecule has 228 valence electrons. The fourth-order valence-electron chi connectivity index (χ4n) is 7.42. The molecule has 2 heterocycles. The summed E-state index contributed by atoms with van der Waals surface area (Å²) < 4.78 is 11.3. The van der Waals surface area contributed by atoms with Crippen LogP contribution in [0, 0.1) is 0 Å². The fraction of sp³-hybridized carbons (Fsp3) is 0.395. The Morgan fingerprint density at radius 1 is 0.955 bits per heavy atom. The summed E-state index contributed by atoms with van der Waals surface area (Å²) in [4.78, 5) is 40.3. The largest absolute Gasteiger partial charge is 0.507 e. The number of aliphatic hydroxyl groups excluding tert-OH is 1. The van der Waals surface area contributed by atoms with Crippen molar-refractivity contribution >= 4 is 23.3 Å². The molecule has 0 radical (unpaired) electrons. The third-order valence-corrected chi connectivity index (χ3v) is 9.73. The summed E-state index contributed by atoms with van der Waals surface area (Å²) in [7, 11) is 0. The first-order valence-corrected chi connectivity index (χ1v) is 15.8. The topological polar surface area (TPSA) is 89.9 Å². The summed E-state index contributed by atoms with van der Waals surface area (Å²) in [5.74, 6) is -2.21. The molecular weight excluding hydrogens is 552 g/mol. The van der Waals surface area contributed by atoms with Gasteiger partial charge in [0.05, 0.1) is 11.8 Å². The zero-order valence-electron chi connectivity index (χ0n) is 26.2. The van der Waals surface area contributed by atoms with Gasteiger partial charge in [-0.2, -0.15) is 0 Å². The van der Waals surface area contributed by atoms with Gasteiger partial charge in [-0.15, -0.1) is 0 Å². The van der Waals surface area contributed by atoms with Gasteiger partial charge in [-0.25, -0.2) is 4.79 Å². The second kappa shape index (κ2) is 10.8. The van der Waals surface area contributed by atoms with E-state index in [0.717, 1.165) is 50.2 Å². The van der Waals surface area contributed by atoms with Gasteiger partial charge in [0.2, 0.25) is 5.78 Å². The lowest BCUT2D eigenvalue weighted by Gasteiger charge is -2.37. The monoisotopic (exact) mass is 592 g/mol. The molecule has 0 fully saturated rings. The van der Waals surface area contributed by atoms with Gasteiger partial charge in [-0.3, -0.25) is 9.59 Å². The van der Waals surface area contributed by atoms with Crippen LogP contribution >= 0.6 is 0 Å². The van der Waals surface area contributed by atoms with E-state index in [2.05, 4.69) is 38.1 Å². The highest BCUT2D eigenvalue weighted by molar-refractivity contribution is 6.28. The Kier molecular flexibility index (Phi) is 7.30. The number of hydrogen-bond acceptors (Lipinski definition) is 6. The molecule has 2 aromatic rings. The second-order valence-electron chi connectivity index (χ2n) is 13.3. The van der Waals surface area contributed by atoms with Crippen LogP contribution in [-0.2, 0) is 29.3 Å². The zero-order valence-corrected chi connectivity index (χ0v) is 26.2. The molecule has 44 heavy (non-hydrogen) atoms. The normalized spacial score (nSPS) is 22.7. The lowest BCUT2D eigenvalue weighted by Crippen LogP contribution is -2.43. The average molecular weight is 593 g/mol. The van der Waals surface area contributed by atoms with Crippen molar-refractivity contribution in [2.75, 3.05) is 0 Å². The number of rotatable bonds is 9. The molecule has 2 aliphatic heterocycles. The zero-order chi connectivity index (χ0) is 31.4. The van der Waals surface area contributed by atoms with E-state index >= 15 is 0 Å². The van der Waals surface area contributed by atoms with E-state index in [1.54, 1.807) is 6.08 Å². The highest BCUT2D eigenvalue weighted by Gasteiger charge is 2.55. The van der Waals surface area contributed by atoms with Gasteiger partial charge < -0.3 is 14.6 Å². The van der Waals surface area contributed by atoms with Crippen LogP contribution < -0.4 is 0 Å². The number of carbonyl (C=O) groups is 3. The van der Waals surface area contributed by atoms with Gasteiger partial charge in [0.25, 0.3) is 0 Å². The van der Waals surface area contributed by atoms with Crippen LogP contribution in [0.3, 0.4) is 0 Å². The van der Waals surface area contributed by atoms with E-state index in [4.69, 9.17) is 9.47 Å². The lowest BCUT2D eigenvalue weighted by atomic mass is 9.70. The van der Waals surface area contributed by atoms with Crippen molar-refractivity contribution in [2.45, 2.75) is 96.2 Å². The van der Waals surface area contributed by atoms with Gasteiger partial charge >= 0.3 is 5.97 Å². The Labute approximate surface area is 259 Å². The third kappa shape index (κ3) is 4.58. The molecule has 2 aromatic carbocycles. The summed E-state index contributed by atoms with van der Waals surface area (Å²) >= 11 is 0. The van der Waals surface area contributed by atoms with Crippen LogP contribution in [0.4, 0.5) is 0 Å². The molecule has 1 unspecified atom stereocenters. The van der Waals surface area contributed by atoms with Crippen LogP contribution in [0.25, 0.3) is 16.9 Å². The molecule has 1 atom stereocenters. The van der Waals surface area contributed by atoms with Gasteiger partial charge in [0.1, 0.15) is 16.9 Å². The predicted octanol–water partition coefficient (Wildman–Crippen LogP) is 8.01. The summed E-state index contributed by atoms with van der Waals surface area (Å²) in [5.41, 5.74) is 4.12. The Bertz CT molecular complexity index is 1710. The Balaban J connectivity index is 1.41. The van der Waals surface area contributed by atoms with Crippen molar-refractivity contribution in [2.24, 2.45) is 0 Å². The average Bonchev–Trinajstić information content (AvgIpc) is 3.42. The van der Waals surface area contributed by atoms with Crippen molar-refractivity contribution in [1.29, 1.82) is 0 Å². The maximum Gasteiger partial charge on any atom is 0.343 e. The van der Waals surface area contributed by atoms with Crippen LogP contribution in [0.5, 0.6) is 0 Å². The quantitative estimate of drug-likeness (QED) is 0.137. The maximum absolute atomic E-state index is 13.7. The number of ketones is 2. The van der Waals surface area contributed by atoms with Crippen LogP contribution in [0.2, 0.25) is 0 Å². The number of esters is 1. The van der Waals surface area contributed by atoms with Crippen molar-refractivity contribution in [3.05, 3.63) is 99.9 Å². The minimum atomic E-state index is -1.62. The number of ether oxygens (including phenoxy) is 2. The molecule has 1 N–H and O–H groups in total.